The molecule has 1 N–H and O–H groups in total. The summed E-state index contributed by atoms with van der Waals surface area (Å²) in [6, 6.07) is 15.0. The van der Waals surface area contributed by atoms with E-state index in [9.17, 15) is 0 Å². The molecule has 0 aliphatic heterocycles. The minimum Gasteiger partial charge on any atom is -0.393 e. The van der Waals surface area contributed by atoms with E-state index in [2.05, 4.69) is 109 Å². The summed E-state index contributed by atoms with van der Waals surface area (Å²) in [6.45, 7) is 4.48. The molecular formula is C30H34N2. The number of benzene rings is 1. The van der Waals surface area contributed by atoms with E-state index in [-0.39, 0.29) is 0 Å². The second-order valence-electron chi connectivity index (χ2n) is 8.60. The molecule has 32 heavy (non-hydrogen) atoms. The van der Waals surface area contributed by atoms with Crippen molar-refractivity contribution in [1.82, 2.24) is 9.88 Å². The fourth-order valence-corrected chi connectivity index (χ4v) is 4.61. The number of rotatable bonds is 7. The predicted octanol–water partition coefficient (Wildman–Crippen LogP) is 7.77. The summed E-state index contributed by atoms with van der Waals surface area (Å²) >= 11 is 0. The van der Waals surface area contributed by atoms with Crippen molar-refractivity contribution in [3.8, 4) is 0 Å². The van der Waals surface area contributed by atoms with Crippen molar-refractivity contribution >= 4 is 16.8 Å². The van der Waals surface area contributed by atoms with Gasteiger partial charge in [-0.3, -0.25) is 0 Å². The molecule has 4 rings (SSSR count). The minimum absolute atomic E-state index is 0.928. The number of nitrogens with zero attached hydrogens (tertiary/aromatic N) is 1. The van der Waals surface area contributed by atoms with Gasteiger partial charge >= 0.3 is 0 Å². The molecule has 0 fully saturated rings. The van der Waals surface area contributed by atoms with Crippen LogP contribution in [-0.2, 0) is 0 Å². The summed E-state index contributed by atoms with van der Waals surface area (Å²) < 4.78 is 2.39. The standard InChI is InChI=1S/C30H34N2/c1-23-12-7-9-16-27(23)30-18-11-21-32(30)29-17-10-8-15-26(29)20-19-24(2)28(22-31-3)25-13-5-4-6-14-25/h4-6,9,11,13-19,21-22,31H,7-8,10,12,20H2,1-3H3/b24-19-,28-22+. The van der Waals surface area contributed by atoms with Crippen LogP contribution in [0.25, 0.3) is 16.8 Å². The highest BCUT2D eigenvalue weighted by atomic mass is 15.0. The SMILES string of the molecule is CN/C=C(\C(C)=C/CC1=CCCC=C1n1cccc1C1=C(C)CCC=C1)c1ccccc1. The van der Waals surface area contributed by atoms with Crippen molar-refractivity contribution in [1.29, 1.82) is 0 Å². The van der Waals surface area contributed by atoms with Crippen molar-refractivity contribution in [2.24, 2.45) is 0 Å². The van der Waals surface area contributed by atoms with Gasteiger partial charge < -0.3 is 9.88 Å². The Morgan fingerprint density at radius 3 is 2.62 bits per heavy atom. The van der Waals surface area contributed by atoms with Gasteiger partial charge in [-0.15, -0.1) is 0 Å². The smallest absolute Gasteiger partial charge is 0.0527 e. The first-order chi connectivity index (χ1) is 15.7. The van der Waals surface area contributed by atoms with Crippen molar-refractivity contribution in [3.63, 3.8) is 0 Å². The molecule has 2 nitrogen and oxygen atoms in total. The zero-order valence-electron chi connectivity index (χ0n) is 19.6. The zero-order chi connectivity index (χ0) is 22.3. The highest BCUT2D eigenvalue weighted by Crippen LogP contribution is 2.34. The summed E-state index contributed by atoms with van der Waals surface area (Å²) in [7, 11) is 1.96. The van der Waals surface area contributed by atoms with Crippen LogP contribution in [0, 0.1) is 0 Å². The summed E-state index contributed by atoms with van der Waals surface area (Å²) in [6.07, 6.45) is 21.6. The lowest BCUT2D eigenvalue weighted by Gasteiger charge is -2.22. The van der Waals surface area contributed by atoms with Gasteiger partial charge in [-0.05, 0) is 85.9 Å². The third-order valence-corrected chi connectivity index (χ3v) is 6.37. The summed E-state index contributed by atoms with van der Waals surface area (Å²) in [5, 5.41) is 3.22. The largest absolute Gasteiger partial charge is 0.393 e. The molecule has 164 valence electrons. The molecule has 2 aliphatic carbocycles. The Morgan fingerprint density at radius 1 is 1.03 bits per heavy atom. The molecule has 0 radical (unpaired) electrons. The van der Waals surface area contributed by atoms with Crippen LogP contribution in [0.2, 0.25) is 0 Å². The van der Waals surface area contributed by atoms with Crippen molar-refractivity contribution < 1.29 is 0 Å². The molecule has 0 unspecified atom stereocenters. The minimum atomic E-state index is 0.928. The molecule has 2 aliphatic rings. The first-order valence-electron chi connectivity index (χ1n) is 11.7. The average molecular weight is 423 g/mol. The van der Waals surface area contributed by atoms with E-state index in [1.54, 1.807) is 0 Å². The van der Waals surface area contributed by atoms with Crippen LogP contribution in [0.4, 0.5) is 0 Å². The van der Waals surface area contributed by atoms with Gasteiger partial charge in [-0.2, -0.15) is 0 Å². The van der Waals surface area contributed by atoms with Gasteiger partial charge in [0.1, 0.15) is 0 Å². The van der Waals surface area contributed by atoms with Crippen LogP contribution in [0.5, 0.6) is 0 Å². The Hall–Kier alpha value is -3.26. The summed E-state index contributed by atoms with van der Waals surface area (Å²) in [4.78, 5) is 0. The van der Waals surface area contributed by atoms with Gasteiger partial charge in [0, 0.05) is 25.1 Å². The lowest BCUT2D eigenvalue weighted by molar-refractivity contribution is 0.940. The average Bonchev–Trinajstić information content (AvgIpc) is 3.31. The number of allylic oxidation sites excluding steroid dienone is 11. The van der Waals surface area contributed by atoms with Crippen molar-refractivity contribution in [3.05, 3.63) is 113 Å². The van der Waals surface area contributed by atoms with Crippen LogP contribution >= 0.6 is 0 Å². The van der Waals surface area contributed by atoms with E-state index in [1.165, 1.54) is 44.8 Å². The lowest BCUT2D eigenvalue weighted by Crippen LogP contribution is -2.07. The second-order valence-corrected chi connectivity index (χ2v) is 8.60. The highest BCUT2D eigenvalue weighted by Gasteiger charge is 2.16. The predicted molar refractivity (Wildman–Crippen MR) is 139 cm³/mol. The maximum Gasteiger partial charge on any atom is 0.0527 e. The topological polar surface area (TPSA) is 17.0 Å². The Bertz CT molecular complexity index is 1130. The zero-order valence-corrected chi connectivity index (χ0v) is 19.6. The molecule has 0 spiro atoms. The molecular weight excluding hydrogens is 388 g/mol. The fourth-order valence-electron chi connectivity index (χ4n) is 4.61. The van der Waals surface area contributed by atoms with Gasteiger partial charge in [0.2, 0.25) is 0 Å². The normalized spacial score (nSPS) is 17.3. The second kappa shape index (κ2) is 10.4. The highest BCUT2D eigenvalue weighted by molar-refractivity contribution is 5.81. The van der Waals surface area contributed by atoms with Gasteiger partial charge in [-0.25, -0.2) is 0 Å². The molecule has 0 bridgehead atoms. The molecule has 1 aromatic heterocycles. The van der Waals surface area contributed by atoms with Gasteiger partial charge in [0.15, 0.2) is 0 Å². The molecule has 0 amide bonds. The molecule has 2 aromatic rings. The van der Waals surface area contributed by atoms with Crippen LogP contribution < -0.4 is 5.32 Å². The molecule has 0 saturated carbocycles. The van der Waals surface area contributed by atoms with Crippen molar-refractivity contribution in [2.75, 3.05) is 7.05 Å². The Balaban J connectivity index is 1.61. The van der Waals surface area contributed by atoms with Crippen LogP contribution in [0.3, 0.4) is 0 Å². The van der Waals surface area contributed by atoms with Gasteiger partial charge in [0.05, 0.1) is 5.69 Å². The maximum absolute atomic E-state index is 3.22. The van der Waals surface area contributed by atoms with E-state index in [1.807, 2.05) is 7.05 Å². The van der Waals surface area contributed by atoms with Gasteiger partial charge in [0.25, 0.3) is 0 Å². The van der Waals surface area contributed by atoms with E-state index in [0.29, 0.717) is 0 Å². The van der Waals surface area contributed by atoms with E-state index >= 15 is 0 Å². The number of aromatic nitrogens is 1. The first kappa shape index (κ1) is 22.0. The van der Waals surface area contributed by atoms with Crippen LogP contribution in [0.15, 0.2) is 102 Å². The van der Waals surface area contributed by atoms with Crippen LogP contribution in [0.1, 0.15) is 57.2 Å². The first-order valence-corrected chi connectivity index (χ1v) is 11.7. The van der Waals surface area contributed by atoms with E-state index < -0.39 is 0 Å². The number of hydrogen-bond acceptors (Lipinski definition) is 1. The maximum atomic E-state index is 3.22. The van der Waals surface area contributed by atoms with Crippen LogP contribution in [-0.4, -0.2) is 11.6 Å². The summed E-state index contributed by atoms with van der Waals surface area (Å²) in [5.41, 5.74) is 10.7. The quantitative estimate of drug-likeness (QED) is 0.451. The fraction of sp³-hybridized carbons (Fsp3) is 0.267. The molecule has 1 heterocycles. The lowest BCUT2D eigenvalue weighted by atomic mass is 9.94. The number of nitrogens with one attached hydrogen (secondary N) is 1. The van der Waals surface area contributed by atoms with E-state index in [4.69, 9.17) is 0 Å². The Labute approximate surface area is 193 Å². The monoisotopic (exact) mass is 422 g/mol. The molecule has 0 saturated heterocycles. The Morgan fingerprint density at radius 2 is 1.84 bits per heavy atom. The number of hydrogen-bond donors (Lipinski definition) is 1. The molecule has 1 aromatic carbocycles. The third kappa shape index (κ3) is 4.80. The van der Waals surface area contributed by atoms with Crippen molar-refractivity contribution in [2.45, 2.75) is 46.0 Å². The summed E-state index contributed by atoms with van der Waals surface area (Å²) in [5.74, 6) is 0. The van der Waals surface area contributed by atoms with Gasteiger partial charge in [-0.1, -0.05) is 66.3 Å². The molecule has 0 atom stereocenters. The van der Waals surface area contributed by atoms with E-state index in [0.717, 1.165) is 32.1 Å². The molecule has 2 heteroatoms. The third-order valence-electron chi connectivity index (χ3n) is 6.37. The Kier molecular flexibility index (Phi) is 7.11.